The molecule has 0 aromatic carbocycles. The summed E-state index contributed by atoms with van der Waals surface area (Å²) in [5.41, 5.74) is 0. The lowest BCUT2D eigenvalue weighted by molar-refractivity contribution is -0.137. The predicted octanol–water partition coefficient (Wildman–Crippen LogP) is 0.644. The molecule has 1 rings (SSSR count). The normalized spacial score (nSPS) is 34.1. The lowest BCUT2D eigenvalue weighted by atomic mass is 10.1. The molecule has 0 radical (unpaired) electrons. The fourth-order valence-electron chi connectivity index (χ4n) is 0.727. The highest BCUT2D eigenvalue weighted by Crippen LogP contribution is 2.20. The van der Waals surface area contributed by atoms with Crippen LogP contribution in [0.5, 0.6) is 0 Å². The van der Waals surface area contributed by atoms with Gasteiger partial charge < -0.3 is 4.74 Å². The van der Waals surface area contributed by atoms with Gasteiger partial charge in [-0.25, -0.2) is 0 Å². The molecule has 0 N–H and O–H groups in total. The van der Waals surface area contributed by atoms with Crippen molar-refractivity contribution >= 4 is 18.6 Å². The van der Waals surface area contributed by atoms with Crippen molar-refractivity contribution in [1.29, 1.82) is 0 Å². The van der Waals surface area contributed by atoms with Crippen LogP contribution < -0.4 is 0 Å². The molecule has 50 valence electrons. The van der Waals surface area contributed by atoms with E-state index in [1.54, 1.807) is 6.08 Å². The number of rotatable bonds is 1. The molecule has 0 aromatic rings. The van der Waals surface area contributed by atoms with Crippen molar-refractivity contribution < 1.29 is 9.53 Å². The Balaban J connectivity index is 2.61. The monoisotopic (exact) mass is 144 g/mol. The van der Waals surface area contributed by atoms with Crippen LogP contribution in [-0.2, 0) is 9.53 Å². The number of thiol groups is 1. The molecule has 0 spiro atoms. The summed E-state index contributed by atoms with van der Waals surface area (Å²) in [5, 5.41) is -0.289. The van der Waals surface area contributed by atoms with Crippen LogP contribution in [0.25, 0.3) is 0 Å². The van der Waals surface area contributed by atoms with E-state index in [2.05, 4.69) is 23.9 Å². The molecule has 1 aliphatic rings. The predicted molar refractivity (Wildman–Crippen MR) is 37.4 cm³/mol. The van der Waals surface area contributed by atoms with Crippen LogP contribution in [0.4, 0.5) is 0 Å². The Morgan fingerprint density at radius 2 is 2.56 bits per heavy atom. The van der Waals surface area contributed by atoms with Gasteiger partial charge in [0.25, 0.3) is 0 Å². The maximum absolute atomic E-state index is 10.6. The molecule has 1 aliphatic heterocycles. The molecule has 0 aliphatic carbocycles. The van der Waals surface area contributed by atoms with E-state index in [4.69, 9.17) is 0 Å². The second-order valence-electron chi connectivity index (χ2n) is 1.97. The van der Waals surface area contributed by atoms with Crippen LogP contribution in [0.3, 0.4) is 0 Å². The quantitative estimate of drug-likeness (QED) is 0.332. The molecule has 0 aromatic heterocycles. The average Bonchev–Trinajstić information content (AvgIpc) is 2.15. The van der Waals surface area contributed by atoms with Gasteiger partial charge in [-0.15, -0.1) is 6.58 Å². The van der Waals surface area contributed by atoms with Gasteiger partial charge in [-0.3, -0.25) is 4.79 Å². The van der Waals surface area contributed by atoms with Crippen LogP contribution in [-0.4, -0.2) is 17.8 Å². The molecule has 1 saturated heterocycles. The standard InChI is InChI=1S/C6H8O2S/c1-2-4-3-8-6(7)5(4)9/h2,4-5,9H,1,3H2/t4-,5-/m0/s1. The van der Waals surface area contributed by atoms with Gasteiger partial charge in [-0.2, -0.15) is 12.6 Å². The lowest BCUT2D eigenvalue weighted by Gasteiger charge is -1.99. The Bertz CT molecular complexity index is 144. The summed E-state index contributed by atoms with van der Waals surface area (Å²) in [5.74, 6) is -0.135. The summed E-state index contributed by atoms with van der Waals surface area (Å²) in [4.78, 5) is 10.6. The Morgan fingerprint density at radius 3 is 2.78 bits per heavy atom. The van der Waals surface area contributed by atoms with E-state index in [1.807, 2.05) is 0 Å². The SMILES string of the molecule is C=C[C@H]1COC(=O)[C@H]1S. The minimum Gasteiger partial charge on any atom is -0.464 e. The molecule has 3 heteroatoms. The minimum atomic E-state index is -0.289. The van der Waals surface area contributed by atoms with Gasteiger partial charge >= 0.3 is 5.97 Å². The molecule has 0 amide bonds. The first kappa shape index (κ1) is 6.68. The molecule has 0 saturated carbocycles. The summed E-state index contributed by atoms with van der Waals surface area (Å²) in [6.07, 6.45) is 1.70. The van der Waals surface area contributed by atoms with E-state index in [9.17, 15) is 4.79 Å². The molecule has 2 atom stereocenters. The largest absolute Gasteiger partial charge is 0.464 e. The van der Waals surface area contributed by atoms with Gasteiger partial charge in [-0.05, 0) is 0 Å². The fraction of sp³-hybridized carbons (Fsp3) is 0.500. The molecule has 0 unspecified atom stereocenters. The third kappa shape index (κ3) is 1.10. The first-order chi connectivity index (χ1) is 4.25. The van der Waals surface area contributed by atoms with Crippen molar-refractivity contribution in [3.8, 4) is 0 Å². The summed E-state index contributed by atoms with van der Waals surface area (Å²) >= 11 is 4.02. The van der Waals surface area contributed by atoms with Crippen LogP contribution in [0, 0.1) is 5.92 Å². The lowest BCUT2D eigenvalue weighted by Crippen LogP contribution is -2.12. The zero-order valence-corrected chi connectivity index (χ0v) is 5.80. The number of esters is 1. The topological polar surface area (TPSA) is 26.3 Å². The highest BCUT2D eigenvalue weighted by molar-refractivity contribution is 7.81. The highest BCUT2D eigenvalue weighted by Gasteiger charge is 2.31. The summed E-state index contributed by atoms with van der Waals surface area (Å²) in [7, 11) is 0. The van der Waals surface area contributed by atoms with E-state index < -0.39 is 0 Å². The minimum absolute atomic E-state index is 0.0980. The molecule has 1 heterocycles. The van der Waals surface area contributed by atoms with Crippen molar-refractivity contribution in [1.82, 2.24) is 0 Å². The number of ether oxygens (including phenoxy) is 1. The maximum atomic E-state index is 10.6. The van der Waals surface area contributed by atoms with E-state index >= 15 is 0 Å². The van der Waals surface area contributed by atoms with Crippen LogP contribution in [0.15, 0.2) is 12.7 Å². The zero-order valence-electron chi connectivity index (χ0n) is 4.91. The third-order valence-corrected chi connectivity index (χ3v) is 1.96. The fourth-order valence-corrected chi connectivity index (χ4v) is 1.01. The van der Waals surface area contributed by atoms with Gasteiger partial charge in [-0.1, -0.05) is 6.08 Å². The Hall–Kier alpha value is -0.440. The van der Waals surface area contributed by atoms with E-state index in [-0.39, 0.29) is 17.1 Å². The summed E-state index contributed by atoms with van der Waals surface area (Å²) < 4.78 is 4.68. The number of hydrogen-bond donors (Lipinski definition) is 1. The molecular formula is C6H8O2S. The van der Waals surface area contributed by atoms with Crippen LogP contribution in [0.2, 0.25) is 0 Å². The van der Waals surface area contributed by atoms with Crippen molar-refractivity contribution in [2.24, 2.45) is 5.92 Å². The Kier molecular flexibility index (Phi) is 1.81. The second kappa shape index (κ2) is 2.43. The first-order valence-electron chi connectivity index (χ1n) is 2.73. The Morgan fingerprint density at radius 1 is 1.89 bits per heavy atom. The van der Waals surface area contributed by atoms with Crippen molar-refractivity contribution in [2.45, 2.75) is 5.25 Å². The smallest absolute Gasteiger partial charge is 0.319 e. The third-order valence-electron chi connectivity index (χ3n) is 1.37. The van der Waals surface area contributed by atoms with Gasteiger partial charge in [0.1, 0.15) is 5.25 Å². The van der Waals surface area contributed by atoms with Gasteiger partial charge in [0, 0.05) is 5.92 Å². The van der Waals surface area contributed by atoms with Crippen LogP contribution >= 0.6 is 12.6 Å². The van der Waals surface area contributed by atoms with Crippen molar-refractivity contribution in [3.63, 3.8) is 0 Å². The first-order valence-corrected chi connectivity index (χ1v) is 3.24. The maximum Gasteiger partial charge on any atom is 0.319 e. The summed E-state index contributed by atoms with van der Waals surface area (Å²) in [6, 6.07) is 0. The van der Waals surface area contributed by atoms with Crippen molar-refractivity contribution in [2.75, 3.05) is 6.61 Å². The highest BCUT2D eigenvalue weighted by atomic mass is 32.1. The van der Waals surface area contributed by atoms with Gasteiger partial charge in [0.05, 0.1) is 6.61 Å². The van der Waals surface area contributed by atoms with E-state index in [0.29, 0.717) is 6.61 Å². The molecule has 9 heavy (non-hydrogen) atoms. The number of hydrogen-bond acceptors (Lipinski definition) is 3. The van der Waals surface area contributed by atoms with Crippen LogP contribution in [0.1, 0.15) is 0 Å². The van der Waals surface area contributed by atoms with E-state index in [1.165, 1.54) is 0 Å². The van der Waals surface area contributed by atoms with Gasteiger partial charge in [0.2, 0.25) is 0 Å². The molecule has 0 bridgehead atoms. The summed E-state index contributed by atoms with van der Waals surface area (Å²) in [6.45, 7) is 3.99. The van der Waals surface area contributed by atoms with E-state index in [0.717, 1.165) is 0 Å². The molecule has 1 fully saturated rings. The number of carbonyl (C=O) groups is 1. The Labute approximate surface area is 59.3 Å². The average molecular weight is 144 g/mol. The number of cyclic esters (lactones) is 1. The molecule has 2 nitrogen and oxygen atoms in total. The number of carbonyl (C=O) groups excluding carboxylic acids is 1. The van der Waals surface area contributed by atoms with Gasteiger partial charge in [0.15, 0.2) is 0 Å². The molecular weight excluding hydrogens is 136 g/mol. The van der Waals surface area contributed by atoms with Crippen molar-refractivity contribution in [3.05, 3.63) is 12.7 Å². The second-order valence-corrected chi connectivity index (χ2v) is 2.53. The zero-order chi connectivity index (χ0) is 6.85.